The molecule has 0 heterocycles. The maximum Gasteiger partial charge on any atom is 0.244 e. The van der Waals surface area contributed by atoms with Crippen molar-refractivity contribution in [3.63, 3.8) is 0 Å². The van der Waals surface area contributed by atoms with E-state index in [2.05, 4.69) is 10.5 Å². The Kier molecular flexibility index (Phi) is 7.29. The van der Waals surface area contributed by atoms with E-state index in [1.807, 2.05) is 31.2 Å². The lowest BCUT2D eigenvalue weighted by atomic mass is 10.1. The Morgan fingerprint density at radius 2 is 1.85 bits per heavy atom. The van der Waals surface area contributed by atoms with Crippen LogP contribution in [0.15, 0.2) is 41.5 Å². The summed E-state index contributed by atoms with van der Waals surface area (Å²) in [5.74, 6) is 1.58. The Bertz CT molecular complexity index is 776. The second-order valence-electron chi connectivity index (χ2n) is 5.28. The van der Waals surface area contributed by atoms with Crippen LogP contribution in [0.5, 0.6) is 17.2 Å². The molecule has 0 aliphatic carbocycles. The zero-order valence-corrected chi connectivity index (χ0v) is 15.7. The number of carbonyl (C=O) groups excluding carboxylic acids is 1. The summed E-state index contributed by atoms with van der Waals surface area (Å²) in [6.07, 6.45) is 1.69. The molecule has 1 amide bonds. The summed E-state index contributed by atoms with van der Waals surface area (Å²) in [5.41, 5.74) is 3.98. The van der Waals surface area contributed by atoms with Crippen molar-refractivity contribution in [3.05, 3.63) is 52.5 Å². The summed E-state index contributed by atoms with van der Waals surface area (Å²) in [5, 5.41) is 4.39. The van der Waals surface area contributed by atoms with E-state index in [0.717, 1.165) is 11.3 Å². The molecule has 0 saturated heterocycles. The zero-order chi connectivity index (χ0) is 18.9. The fourth-order valence-corrected chi connectivity index (χ4v) is 2.50. The predicted molar refractivity (Wildman–Crippen MR) is 102 cm³/mol. The van der Waals surface area contributed by atoms with Gasteiger partial charge in [0.15, 0.2) is 0 Å². The van der Waals surface area contributed by atoms with Crippen molar-refractivity contribution in [1.29, 1.82) is 0 Å². The molecular weight excluding hydrogens is 356 g/mol. The smallest absolute Gasteiger partial charge is 0.244 e. The van der Waals surface area contributed by atoms with Gasteiger partial charge in [0, 0.05) is 11.6 Å². The van der Waals surface area contributed by atoms with Gasteiger partial charge in [-0.15, -0.1) is 0 Å². The summed E-state index contributed by atoms with van der Waals surface area (Å²) in [6, 6.07) is 10.7. The highest BCUT2D eigenvalue weighted by atomic mass is 35.5. The van der Waals surface area contributed by atoms with Crippen molar-refractivity contribution in [1.82, 2.24) is 5.43 Å². The molecule has 0 saturated carbocycles. The molecule has 0 bridgehead atoms. The molecule has 2 aromatic rings. The molecule has 26 heavy (non-hydrogen) atoms. The number of ether oxygens (including phenoxy) is 3. The van der Waals surface area contributed by atoms with Gasteiger partial charge in [0.25, 0.3) is 0 Å². The van der Waals surface area contributed by atoms with Crippen molar-refractivity contribution >= 4 is 23.7 Å². The molecule has 0 unspecified atom stereocenters. The second-order valence-corrected chi connectivity index (χ2v) is 5.68. The average molecular weight is 377 g/mol. The van der Waals surface area contributed by atoms with Gasteiger partial charge in [-0.3, -0.25) is 4.79 Å². The van der Waals surface area contributed by atoms with Crippen molar-refractivity contribution in [2.75, 3.05) is 20.8 Å². The van der Waals surface area contributed by atoms with E-state index in [0.29, 0.717) is 28.7 Å². The van der Waals surface area contributed by atoms with Crippen molar-refractivity contribution in [3.8, 4) is 17.2 Å². The Balaban J connectivity index is 1.97. The molecule has 0 atom stereocenters. The molecule has 0 spiro atoms. The Morgan fingerprint density at radius 3 is 2.46 bits per heavy atom. The molecule has 2 aromatic carbocycles. The minimum absolute atomic E-state index is 0.213. The molecule has 6 nitrogen and oxygen atoms in total. The number of carbonyl (C=O) groups is 1. The van der Waals surface area contributed by atoms with E-state index in [9.17, 15) is 4.79 Å². The first-order valence-corrected chi connectivity index (χ1v) is 8.40. The Hall–Kier alpha value is -2.73. The summed E-state index contributed by atoms with van der Waals surface area (Å²) >= 11 is 6.10. The normalized spacial score (nSPS) is 10.6. The fourth-order valence-electron chi connectivity index (χ4n) is 2.25. The quantitative estimate of drug-likeness (QED) is 0.566. The predicted octanol–water partition coefficient (Wildman–Crippen LogP) is 3.45. The molecule has 138 valence electrons. The maximum atomic E-state index is 12.0. The number of hydrogen-bond donors (Lipinski definition) is 1. The molecule has 1 N–H and O–H groups in total. The highest BCUT2D eigenvalue weighted by Crippen LogP contribution is 2.31. The largest absolute Gasteiger partial charge is 0.496 e. The van der Waals surface area contributed by atoms with E-state index in [1.54, 1.807) is 12.1 Å². The third-order valence-electron chi connectivity index (χ3n) is 3.50. The SMILES string of the molecule is CCOc1ccc(CC(=O)N/N=C/c2cc(Cl)c(OC)cc2OC)cc1. The summed E-state index contributed by atoms with van der Waals surface area (Å²) in [7, 11) is 3.06. The monoisotopic (exact) mass is 376 g/mol. The molecule has 0 aliphatic rings. The number of rotatable bonds is 8. The van der Waals surface area contributed by atoms with Crippen LogP contribution in [-0.2, 0) is 11.2 Å². The van der Waals surface area contributed by atoms with Gasteiger partial charge in [-0.25, -0.2) is 5.43 Å². The first kappa shape index (κ1) is 19.6. The molecule has 2 rings (SSSR count). The highest BCUT2D eigenvalue weighted by Gasteiger charge is 2.09. The first-order chi connectivity index (χ1) is 12.6. The van der Waals surface area contributed by atoms with Gasteiger partial charge in [-0.1, -0.05) is 23.7 Å². The number of methoxy groups -OCH3 is 2. The van der Waals surface area contributed by atoms with Crippen LogP contribution in [0.2, 0.25) is 5.02 Å². The lowest BCUT2D eigenvalue weighted by Gasteiger charge is -2.09. The summed E-state index contributed by atoms with van der Waals surface area (Å²) in [4.78, 5) is 12.0. The van der Waals surface area contributed by atoms with E-state index in [1.165, 1.54) is 20.4 Å². The first-order valence-electron chi connectivity index (χ1n) is 8.02. The van der Waals surface area contributed by atoms with Crippen LogP contribution in [0.1, 0.15) is 18.1 Å². The lowest BCUT2D eigenvalue weighted by molar-refractivity contribution is -0.120. The third kappa shape index (κ3) is 5.39. The van der Waals surface area contributed by atoms with E-state index in [-0.39, 0.29) is 12.3 Å². The third-order valence-corrected chi connectivity index (χ3v) is 3.79. The summed E-state index contributed by atoms with van der Waals surface area (Å²) in [6.45, 7) is 2.53. The van der Waals surface area contributed by atoms with Gasteiger partial charge in [0.1, 0.15) is 17.2 Å². The number of hydrogen-bond acceptors (Lipinski definition) is 5. The van der Waals surface area contributed by atoms with Crippen LogP contribution < -0.4 is 19.6 Å². The highest BCUT2D eigenvalue weighted by molar-refractivity contribution is 6.32. The molecule has 7 heteroatoms. The molecule has 0 aliphatic heterocycles. The number of nitrogens with zero attached hydrogens (tertiary/aromatic N) is 1. The van der Waals surface area contributed by atoms with Gasteiger partial charge >= 0.3 is 0 Å². The van der Waals surface area contributed by atoms with Crippen molar-refractivity contribution in [2.45, 2.75) is 13.3 Å². The van der Waals surface area contributed by atoms with E-state index >= 15 is 0 Å². The van der Waals surface area contributed by atoms with Crippen LogP contribution in [0.25, 0.3) is 0 Å². The van der Waals surface area contributed by atoms with Gasteiger partial charge in [0.2, 0.25) is 5.91 Å². The molecule has 0 fully saturated rings. The van der Waals surface area contributed by atoms with E-state index in [4.69, 9.17) is 25.8 Å². The molecule has 0 radical (unpaired) electrons. The second kappa shape index (κ2) is 9.68. The van der Waals surface area contributed by atoms with Crippen molar-refractivity contribution < 1.29 is 19.0 Å². The standard InChI is InChI=1S/C19H21ClN2O4/c1-4-26-15-7-5-13(6-8-15)9-19(23)22-21-12-14-10-16(20)18(25-3)11-17(14)24-2/h5-8,10-12H,4,9H2,1-3H3,(H,22,23)/b21-12+. The average Bonchev–Trinajstić information content (AvgIpc) is 2.64. The fraction of sp³-hybridized carbons (Fsp3) is 0.263. The number of nitrogens with one attached hydrogen (secondary N) is 1. The Morgan fingerprint density at radius 1 is 1.15 bits per heavy atom. The van der Waals surface area contributed by atoms with Crippen LogP contribution in [-0.4, -0.2) is 32.9 Å². The number of amides is 1. The lowest BCUT2D eigenvalue weighted by Crippen LogP contribution is -2.19. The Labute approximate surface area is 157 Å². The maximum absolute atomic E-state index is 12.0. The van der Waals surface area contributed by atoms with Crippen LogP contribution in [0, 0.1) is 0 Å². The minimum atomic E-state index is -0.232. The van der Waals surface area contributed by atoms with Gasteiger partial charge in [0.05, 0.1) is 38.5 Å². The van der Waals surface area contributed by atoms with Gasteiger partial charge in [-0.2, -0.15) is 5.10 Å². The number of benzene rings is 2. The van der Waals surface area contributed by atoms with Crippen LogP contribution in [0.4, 0.5) is 0 Å². The molecule has 0 aromatic heterocycles. The van der Waals surface area contributed by atoms with Gasteiger partial charge in [-0.05, 0) is 30.7 Å². The van der Waals surface area contributed by atoms with E-state index < -0.39 is 0 Å². The van der Waals surface area contributed by atoms with Gasteiger partial charge < -0.3 is 14.2 Å². The van der Waals surface area contributed by atoms with Crippen LogP contribution in [0.3, 0.4) is 0 Å². The minimum Gasteiger partial charge on any atom is -0.496 e. The zero-order valence-electron chi connectivity index (χ0n) is 14.9. The van der Waals surface area contributed by atoms with Crippen molar-refractivity contribution in [2.24, 2.45) is 5.10 Å². The number of hydrazone groups is 1. The molecular formula is C19H21ClN2O4. The summed E-state index contributed by atoms with van der Waals surface area (Å²) < 4.78 is 15.8. The van der Waals surface area contributed by atoms with Crippen LogP contribution >= 0.6 is 11.6 Å². The number of halogens is 1. The topological polar surface area (TPSA) is 69.2 Å².